The van der Waals surface area contributed by atoms with Crippen LogP contribution < -0.4 is 10.6 Å². The lowest BCUT2D eigenvalue weighted by atomic mass is 9.97. The lowest BCUT2D eigenvalue weighted by Crippen LogP contribution is -2.40. The SMILES string of the molecule is CC(C)NC(=O)C1=CC2OC(F)(F)OC2C(Br)=C1NC(=O)c1cc(C(F)(F)F)nn1-c1ncccc1Cl. The zero-order valence-electron chi connectivity index (χ0n) is 18.7. The Balaban J connectivity index is 1.78. The average molecular weight is 613 g/mol. The van der Waals surface area contributed by atoms with E-state index >= 15 is 0 Å². The van der Waals surface area contributed by atoms with Gasteiger partial charge < -0.3 is 10.6 Å². The maximum atomic E-state index is 13.8. The molecule has 1 aliphatic carbocycles. The lowest BCUT2D eigenvalue weighted by Gasteiger charge is -2.25. The zero-order chi connectivity index (χ0) is 27.3. The molecule has 2 aromatic heterocycles. The quantitative estimate of drug-likeness (QED) is 0.493. The first-order chi connectivity index (χ1) is 17.2. The summed E-state index contributed by atoms with van der Waals surface area (Å²) in [5.41, 5.74) is -2.68. The normalized spacial score (nSPS) is 21.1. The Morgan fingerprint density at radius 1 is 1.24 bits per heavy atom. The second-order valence-electron chi connectivity index (χ2n) is 8.10. The molecule has 2 unspecified atom stereocenters. The molecule has 37 heavy (non-hydrogen) atoms. The number of nitrogens with zero attached hydrogens (tertiary/aromatic N) is 3. The Kier molecular flexibility index (Phi) is 7.18. The summed E-state index contributed by atoms with van der Waals surface area (Å²) in [4.78, 5) is 30.0. The molecule has 2 aromatic rings. The fraction of sp³-hybridized carbons (Fsp3) is 0.333. The Bertz CT molecular complexity index is 1330. The highest BCUT2D eigenvalue weighted by atomic mass is 79.9. The number of ether oxygens (including phenoxy) is 2. The molecule has 0 radical (unpaired) electrons. The predicted molar refractivity (Wildman–Crippen MR) is 121 cm³/mol. The van der Waals surface area contributed by atoms with Crippen LogP contribution in [0.1, 0.15) is 30.0 Å². The van der Waals surface area contributed by atoms with Gasteiger partial charge in [-0.15, -0.1) is 8.78 Å². The maximum absolute atomic E-state index is 13.8. The van der Waals surface area contributed by atoms with Crippen molar-refractivity contribution in [3.63, 3.8) is 0 Å². The highest BCUT2D eigenvalue weighted by Gasteiger charge is 2.52. The average Bonchev–Trinajstić information content (AvgIpc) is 3.36. The summed E-state index contributed by atoms with van der Waals surface area (Å²) in [5.74, 6) is -2.22. The maximum Gasteiger partial charge on any atom is 0.486 e. The molecule has 9 nitrogen and oxygen atoms in total. The van der Waals surface area contributed by atoms with Crippen LogP contribution in [0, 0.1) is 0 Å². The molecule has 0 spiro atoms. The number of hydrogen-bond donors (Lipinski definition) is 2. The topological polar surface area (TPSA) is 107 Å². The minimum Gasteiger partial charge on any atom is -0.350 e. The van der Waals surface area contributed by atoms with Gasteiger partial charge in [0.25, 0.3) is 11.8 Å². The molecule has 198 valence electrons. The summed E-state index contributed by atoms with van der Waals surface area (Å²) in [6.07, 6.45) is -9.51. The number of hydrogen-bond acceptors (Lipinski definition) is 6. The Morgan fingerprint density at radius 2 is 1.95 bits per heavy atom. The van der Waals surface area contributed by atoms with E-state index < -0.39 is 47.9 Å². The largest absolute Gasteiger partial charge is 0.486 e. The molecule has 1 saturated heterocycles. The van der Waals surface area contributed by atoms with E-state index in [1.807, 2.05) is 0 Å². The van der Waals surface area contributed by atoms with Gasteiger partial charge in [-0.2, -0.15) is 18.3 Å². The van der Waals surface area contributed by atoms with Crippen LogP contribution in [-0.4, -0.2) is 51.1 Å². The van der Waals surface area contributed by atoms with E-state index in [1.165, 1.54) is 18.3 Å². The molecule has 2 atom stereocenters. The zero-order valence-corrected chi connectivity index (χ0v) is 21.1. The van der Waals surface area contributed by atoms with E-state index in [4.69, 9.17) is 11.6 Å². The third kappa shape index (κ3) is 5.54. The van der Waals surface area contributed by atoms with Gasteiger partial charge in [0.05, 0.1) is 20.8 Å². The first-order valence-corrected chi connectivity index (χ1v) is 11.6. The lowest BCUT2D eigenvalue weighted by molar-refractivity contribution is -0.347. The van der Waals surface area contributed by atoms with Crippen molar-refractivity contribution in [1.82, 2.24) is 25.4 Å². The van der Waals surface area contributed by atoms with Crippen molar-refractivity contribution in [2.45, 2.75) is 44.6 Å². The van der Waals surface area contributed by atoms with Crippen LogP contribution in [0.5, 0.6) is 0 Å². The minimum atomic E-state index is -4.93. The number of amides is 2. The highest BCUT2D eigenvalue weighted by molar-refractivity contribution is 9.11. The van der Waals surface area contributed by atoms with E-state index in [9.17, 15) is 31.5 Å². The molecule has 1 fully saturated rings. The number of halogens is 7. The third-order valence-electron chi connectivity index (χ3n) is 5.00. The summed E-state index contributed by atoms with van der Waals surface area (Å²) >= 11 is 9.13. The van der Waals surface area contributed by atoms with Crippen molar-refractivity contribution in [3.05, 3.63) is 62.6 Å². The van der Waals surface area contributed by atoms with Gasteiger partial charge in [0.2, 0.25) is 0 Å². The molecular formula is C21H16BrClF5N5O4. The first kappa shape index (κ1) is 27.2. The molecule has 1 aliphatic heterocycles. The van der Waals surface area contributed by atoms with Crippen molar-refractivity contribution < 1.29 is 41.0 Å². The molecule has 16 heteroatoms. The van der Waals surface area contributed by atoms with Crippen molar-refractivity contribution >= 4 is 39.3 Å². The Labute approximate surface area is 218 Å². The number of carbonyl (C=O) groups is 2. The summed E-state index contributed by atoms with van der Waals surface area (Å²) in [5, 5.41) is 8.19. The smallest absolute Gasteiger partial charge is 0.350 e. The highest BCUT2D eigenvalue weighted by Crippen LogP contribution is 2.42. The van der Waals surface area contributed by atoms with Crippen LogP contribution in [0.3, 0.4) is 0 Å². The molecule has 2 amide bonds. The fourth-order valence-electron chi connectivity index (χ4n) is 3.51. The van der Waals surface area contributed by atoms with Gasteiger partial charge in [-0.3, -0.25) is 19.1 Å². The number of pyridine rings is 1. The third-order valence-corrected chi connectivity index (χ3v) is 6.14. The van der Waals surface area contributed by atoms with Crippen LogP contribution in [-0.2, 0) is 20.4 Å². The van der Waals surface area contributed by atoms with Crippen molar-refractivity contribution in [2.24, 2.45) is 0 Å². The van der Waals surface area contributed by atoms with Gasteiger partial charge in [0, 0.05) is 18.3 Å². The Hall–Kier alpha value is -2.88. The summed E-state index contributed by atoms with van der Waals surface area (Å²) < 4.78 is 77.4. The molecule has 0 aromatic carbocycles. The van der Waals surface area contributed by atoms with Crippen molar-refractivity contribution in [2.75, 3.05) is 0 Å². The van der Waals surface area contributed by atoms with Crippen LogP contribution in [0.4, 0.5) is 22.0 Å². The molecule has 4 rings (SSSR count). The number of carbonyl (C=O) groups excluding carboxylic acids is 2. The number of alkyl halides is 5. The van der Waals surface area contributed by atoms with Crippen LogP contribution >= 0.6 is 27.5 Å². The van der Waals surface area contributed by atoms with E-state index in [-0.39, 0.29) is 32.6 Å². The van der Waals surface area contributed by atoms with E-state index in [0.29, 0.717) is 10.7 Å². The van der Waals surface area contributed by atoms with Crippen LogP contribution in [0.15, 0.2) is 46.2 Å². The van der Waals surface area contributed by atoms with Crippen molar-refractivity contribution in [3.8, 4) is 5.82 Å². The van der Waals surface area contributed by atoms with E-state index in [2.05, 4.69) is 46.1 Å². The monoisotopic (exact) mass is 611 g/mol. The van der Waals surface area contributed by atoms with Crippen molar-refractivity contribution in [1.29, 1.82) is 0 Å². The fourth-order valence-corrected chi connectivity index (χ4v) is 4.38. The molecule has 3 heterocycles. The number of nitrogens with one attached hydrogen (secondary N) is 2. The standard InChI is InChI=1S/C21H16BrClF5N5O4/c1-8(2)30-18(34)9-6-12-16(37-21(27,28)36-12)14(22)15(9)31-19(35)11-7-13(20(24,25)26)32-33(11)17-10(23)4-3-5-29-17/h3-8,12,16H,1-2H3,(H,30,34)(H,31,35). The van der Waals surface area contributed by atoms with Crippen LogP contribution in [0.25, 0.3) is 5.82 Å². The first-order valence-electron chi connectivity index (χ1n) is 10.4. The molecule has 2 N–H and O–H groups in total. The van der Waals surface area contributed by atoms with Crippen LogP contribution in [0.2, 0.25) is 5.02 Å². The molecule has 0 saturated carbocycles. The summed E-state index contributed by atoms with van der Waals surface area (Å²) in [6.45, 7) is 3.27. The van der Waals surface area contributed by atoms with Gasteiger partial charge in [-0.1, -0.05) is 27.5 Å². The van der Waals surface area contributed by atoms with E-state index in [0.717, 1.165) is 6.08 Å². The van der Waals surface area contributed by atoms with Gasteiger partial charge in [0.1, 0.15) is 17.9 Å². The molecule has 2 aliphatic rings. The van der Waals surface area contributed by atoms with E-state index in [1.54, 1.807) is 13.8 Å². The van der Waals surface area contributed by atoms with Gasteiger partial charge in [-0.25, -0.2) is 9.67 Å². The summed E-state index contributed by atoms with van der Waals surface area (Å²) in [7, 11) is 0. The second kappa shape index (κ2) is 9.78. The second-order valence-corrected chi connectivity index (χ2v) is 9.36. The molecular weight excluding hydrogens is 597 g/mol. The molecule has 0 bridgehead atoms. The Morgan fingerprint density at radius 3 is 2.57 bits per heavy atom. The van der Waals surface area contributed by atoms with Gasteiger partial charge >= 0.3 is 12.5 Å². The minimum absolute atomic E-state index is 0.107. The van der Waals surface area contributed by atoms with Gasteiger partial charge in [-0.05, 0) is 32.1 Å². The summed E-state index contributed by atoms with van der Waals surface area (Å²) in [6, 6.07) is 2.83. The number of fused-ring (bicyclic) bond motifs is 1. The predicted octanol–water partition coefficient (Wildman–Crippen LogP) is 4.07. The number of aromatic nitrogens is 3. The number of rotatable bonds is 5. The van der Waals surface area contributed by atoms with Gasteiger partial charge in [0.15, 0.2) is 11.5 Å².